The van der Waals surface area contributed by atoms with Crippen molar-refractivity contribution in [3.05, 3.63) is 64.7 Å². The van der Waals surface area contributed by atoms with Crippen LogP contribution in [0.4, 0.5) is 11.4 Å². The Morgan fingerprint density at radius 3 is 2.35 bits per heavy atom. The topological polar surface area (TPSA) is 61.9 Å². The summed E-state index contributed by atoms with van der Waals surface area (Å²) in [6.07, 6.45) is 3.32. The fourth-order valence-electron chi connectivity index (χ4n) is 3.52. The van der Waals surface area contributed by atoms with Gasteiger partial charge in [0.2, 0.25) is 11.8 Å². The van der Waals surface area contributed by atoms with Gasteiger partial charge < -0.3 is 19.9 Å². The van der Waals surface area contributed by atoms with Gasteiger partial charge in [-0.1, -0.05) is 12.1 Å². The van der Waals surface area contributed by atoms with Gasteiger partial charge in [-0.25, -0.2) is 0 Å². The molecule has 0 atom stereocenters. The molecule has 6 nitrogen and oxygen atoms in total. The first-order valence-electron chi connectivity index (χ1n) is 10.6. The molecule has 1 aliphatic rings. The molecule has 31 heavy (non-hydrogen) atoms. The molecule has 0 radical (unpaired) electrons. The van der Waals surface area contributed by atoms with Crippen molar-refractivity contribution in [2.24, 2.45) is 0 Å². The average Bonchev–Trinajstić information content (AvgIpc) is 2.76. The van der Waals surface area contributed by atoms with Crippen LogP contribution >= 0.6 is 0 Å². The smallest absolute Gasteiger partial charge is 0.246 e. The normalized spacial score (nSPS) is 14.0. The van der Waals surface area contributed by atoms with Crippen molar-refractivity contribution in [2.45, 2.75) is 20.8 Å². The number of hydrogen-bond donors (Lipinski definition) is 1. The van der Waals surface area contributed by atoms with E-state index in [1.54, 1.807) is 7.05 Å². The summed E-state index contributed by atoms with van der Waals surface area (Å²) in [5, 5.41) is 2.85. The van der Waals surface area contributed by atoms with Crippen LogP contribution in [0.25, 0.3) is 6.08 Å². The Balaban J connectivity index is 1.52. The summed E-state index contributed by atoms with van der Waals surface area (Å²) in [6.45, 7) is 9.34. The number of amides is 2. The number of rotatable bonds is 6. The fourth-order valence-corrected chi connectivity index (χ4v) is 3.52. The third kappa shape index (κ3) is 6.18. The zero-order valence-electron chi connectivity index (χ0n) is 18.8. The molecule has 2 amide bonds. The molecule has 0 aliphatic carbocycles. The summed E-state index contributed by atoms with van der Waals surface area (Å²) in [5.41, 5.74) is 6.37. The molecule has 0 spiro atoms. The molecule has 0 saturated carbocycles. The van der Waals surface area contributed by atoms with Crippen LogP contribution in [-0.2, 0) is 14.3 Å². The quantitative estimate of drug-likeness (QED) is 0.725. The fraction of sp³-hybridized carbons (Fsp3) is 0.360. The van der Waals surface area contributed by atoms with E-state index in [1.807, 2.05) is 37.3 Å². The van der Waals surface area contributed by atoms with Crippen LogP contribution in [0, 0.1) is 20.8 Å². The minimum atomic E-state index is -0.231. The van der Waals surface area contributed by atoms with Gasteiger partial charge in [0, 0.05) is 37.6 Å². The Hall–Kier alpha value is -3.12. The van der Waals surface area contributed by atoms with Crippen molar-refractivity contribution >= 4 is 29.3 Å². The highest BCUT2D eigenvalue weighted by Gasteiger charge is 2.13. The van der Waals surface area contributed by atoms with Crippen LogP contribution in [0.5, 0.6) is 0 Å². The summed E-state index contributed by atoms with van der Waals surface area (Å²) >= 11 is 0. The molecule has 1 aliphatic heterocycles. The van der Waals surface area contributed by atoms with Crippen LogP contribution < -0.4 is 10.2 Å². The zero-order chi connectivity index (χ0) is 22.4. The Morgan fingerprint density at radius 2 is 1.68 bits per heavy atom. The molecule has 0 bridgehead atoms. The Morgan fingerprint density at radius 1 is 1.03 bits per heavy atom. The van der Waals surface area contributed by atoms with Crippen LogP contribution in [-0.4, -0.2) is 56.6 Å². The molecule has 3 rings (SSSR count). The zero-order valence-corrected chi connectivity index (χ0v) is 18.8. The highest BCUT2D eigenvalue weighted by molar-refractivity contribution is 5.98. The summed E-state index contributed by atoms with van der Waals surface area (Å²) in [6, 6.07) is 11.9. The number of benzene rings is 2. The van der Waals surface area contributed by atoms with Crippen molar-refractivity contribution in [3.63, 3.8) is 0 Å². The average molecular weight is 422 g/mol. The van der Waals surface area contributed by atoms with Gasteiger partial charge in [0.25, 0.3) is 0 Å². The molecular formula is C25H31N3O3. The Bertz CT molecular complexity index is 961. The molecule has 2 aromatic carbocycles. The highest BCUT2D eigenvalue weighted by atomic mass is 16.5. The molecule has 1 N–H and O–H groups in total. The first kappa shape index (κ1) is 22.6. The van der Waals surface area contributed by atoms with Crippen LogP contribution in [0.15, 0.2) is 42.5 Å². The van der Waals surface area contributed by atoms with E-state index in [0.29, 0.717) is 5.69 Å². The second-order valence-electron chi connectivity index (χ2n) is 8.02. The van der Waals surface area contributed by atoms with E-state index in [-0.39, 0.29) is 18.4 Å². The number of likely N-dealkylation sites (N-methyl/N-ethyl adjacent to an activating group) is 1. The maximum atomic E-state index is 12.4. The largest absolute Gasteiger partial charge is 0.378 e. The summed E-state index contributed by atoms with van der Waals surface area (Å²) < 4.78 is 5.38. The molecule has 0 unspecified atom stereocenters. The van der Waals surface area contributed by atoms with Crippen molar-refractivity contribution in [3.8, 4) is 0 Å². The molecule has 1 saturated heterocycles. The second kappa shape index (κ2) is 10.3. The number of aryl methyl sites for hydroxylation is 3. The maximum Gasteiger partial charge on any atom is 0.246 e. The number of nitrogens with zero attached hydrogens (tertiary/aromatic N) is 2. The third-order valence-corrected chi connectivity index (χ3v) is 5.57. The summed E-state index contributed by atoms with van der Waals surface area (Å²) in [5.74, 6) is -0.443. The number of carbonyl (C=O) groups excluding carboxylic acids is 2. The molecule has 164 valence electrons. The number of hydrogen-bond acceptors (Lipinski definition) is 4. The van der Waals surface area contributed by atoms with Crippen molar-refractivity contribution < 1.29 is 14.3 Å². The van der Waals surface area contributed by atoms with E-state index in [1.165, 1.54) is 22.1 Å². The Labute approximate surface area is 184 Å². The van der Waals surface area contributed by atoms with Gasteiger partial charge in [0.15, 0.2) is 0 Å². The maximum absolute atomic E-state index is 12.4. The van der Waals surface area contributed by atoms with Gasteiger partial charge in [0.05, 0.1) is 19.8 Å². The van der Waals surface area contributed by atoms with E-state index in [2.05, 4.69) is 36.2 Å². The summed E-state index contributed by atoms with van der Waals surface area (Å²) in [7, 11) is 1.63. The minimum absolute atomic E-state index is 0.0136. The molecule has 6 heteroatoms. The summed E-state index contributed by atoms with van der Waals surface area (Å²) in [4.78, 5) is 28.5. The van der Waals surface area contributed by atoms with Crippen molar-refractivity contribution in [1.29, 1.82) is 0 Å². The number of carbonyl (C=O) groups is 2. The van der Waals surface area contributed by atoms with E-state index in [0.717, 1.165) is 43.1 Å². The Kier molecular flexibility index (Phi) is 7.47. The lowest BCUT2D eigenvalue weighted by atomic mass is 10.0. The number of ether oxygens (including phenoxy) is 1. The van der Waals surface area contributed by atoms with Crippen LogP contribution in [0.1, 0.15) is 22.3 Å². The van der Waals surface area contributed by atoms with Gasteiger partial charge in [0.1, 0.15) is 0 Å². The standard InChI is InChI=1S/C25H31N3O3/c1-18-15-20(3)21(16-19(18)2)5-10-25(30)27(4)17-24(29)26-22-6-8-23(9-7-22)28-11-13-31-14-12-28/h5-10,15-16H,11-14,17H2,1-4H3,(H,26,29)/b10-5+. The van der Waals surface area contributed by atoms with Crippen LogP contribution in [0.3, 0.4) is 0 Å². The monoisotopic (exact) mass is 421 g/mol. The van der Waals surface area contributed by atoms with Gasteiger partial charge in [-0.15, -0.1) is 0 Å². The van der Waals surface area contributed by atoms with Crippen molar-refractivity contribution in [1.82, 2.24) is 4.90 Å². The lowest BCUT2D eigenvalue weighted by Gasteiger charge is -2.28. The SMILES string of the molecule is Cc1cc(C)c(/C=C/C(=O)N(C)CC(=O)Nc2ccc(N3CCOCC3)cc2)cc1C. The lowest BCUT2D eigenvalue weighted by Crippen LogP contribution is -2.36. The first-order chi connectivity index (χ1) is 14.8. The second-order valence-corrected chi connectivity index (χ2v) is 8.02. The lowest BCUT2D eigenvalue weighted by molar-refractivity contribution is -0.129. The molecule has 1 fully saturated rings. The minimum Gasteiger partial charge on any atom is -0.378 e. The van der Waals surface area contributed by atoms with Crippen LogP contribution in [0.2, 0.25) is 0 Å². The first-order valence-corrected chi connectivity index (χ1v) is 10.6. The highest BCUT2D eigenvalue weighted by Crippen LogP contribution is 2.19. The molecule has 1 heterocycles. The van der Waals surface area contributed by atoms with E-state index < -0.39 is 0 Å². The third-order valence-electron chi connectivity index (χ3n) is 5.57. The van der Waals surface area contributed by atoms with Gasteiger partial charge >= 0.3 is 0 Å². The van der Waals surface area contributed by atoms with E-state index in [9.17, 15) is 9.59 Å². The van der Waals surface area contributed by atoms with E-state index >= 15 is 0 Å². The molecule has 2 aromatic rings. The molecular weight excluding hydrogens is 390 g/mol. The molecule has 0 aromatic heterocycles. The predicted octanol–water partition coefficient (Wildman–Crippen LogP) is 3.56. The number of anilines is 2. The van der Waals surface area contributed by atoms with Crippen molar-refractivity contribution in [2.75, 3.05) is 50.1 Å². The number of nitrogens with one attached hydrogen (secondary N) is 1. The van der Waals surface area contributed by atoms with Gasteiger partial charge in [-0.2, -0.15) is 0 Å². The van der Waals surface area contributed by atoms with Gasteiger partial charge in [-0.05, 0) is 73.4 Å². The number of morpholine rings is 1. The van der Waals surface area contributed by atoms with Gasteiger partial charge in [-0.3, -0.25) is 9.59 Å². The predicted molar refractivity (Wildman–Crippen MR) is 125 cm³/mol. The van der Waals surface area contributed by atoms with E-state index in [4.69, 9.17) is 4.74 Å².